The van der Waals surface area contributed by atoms with Crippen LogP contribution in [0.25, 0.3) is 0 Å². The Morgan fingerprint density at radius 1 is 1.11 bits per heavy atom. The third kappa shape index (κ3) is 5.41. The number of nitrogens with zero attached hydrogens (tertiary/aromatic N) is 1. The van der Waals surface area contributed by atoms with Crippen molar-refractivity contribution >= 4 is 5.71 Å². The molecular weight excluding hydrogens is 434 g/mol. The smallest absolute Gasteiger partial charge is 0.0634 e. The van der Waals surface area contributed by atoms with Gasteiger partial charge in [0.25, 0.3) is 0 Å². The summed E-state index contributed by atoms with van der Waals surface area (Å²) in [5, 5.41) is 0. The average molecular weight is 482 g/mol. The number of hydrogen-bond acceptors (Lipinski definition) is 1. The molecule has 1 heteroatoms. The summed E-state index contributed by atoms with van der Waals surface area (Å²) in [6.07, 6.45) is 23.5. The standard InChI is InChI=1S/C35H47N/c1-25-13-16-31(17-14-25)35(19-9-6-10-20-35)23-26(2)28(4)34-32-18-15-30(21-29-11-7-5-8-12-29)22-33(32)27(3)24-36-34/h5,7-8,11,13-14,16-17,26-27,29-30H,4,6,9-10,12,15,18-24H2,1-3H3. The second-order valence-corrected chi connectivity index (χ2v) is 12.6. The van der Waals surface area contributed by atoms with Crippen LogP contribution in [0.3, 0.4) is 0 Å². The summed E-state index contributed by atoms with van der Waals surface area (Å²) in [5.74, 6) is 2.61. The number of hydrogen-bond donors (Lipinski definition) is 0. The van der Waals surface area contributed by atoms with Crippen LogP contribution < -0.4 is 0 Å². The summed E-state index contributed by atoms with van der Waals surface area (Å²) in [7, 11) is 0. The highest BCUT2D eigenvalue weighted by molar-refractivity contribution is 6.13. The van der Waals surface area contributed by atoms with Crippen LogP contribution in [0.5, 0.6) is 0 Å². The molecule has 0 N–H and O–H groups in total. The molecule has 0 bridgehead atoms. The third-order valence-electron chi connectivity index (χ3n) is 9.88. The summed E-state index contributed by atoms with van der Waals surface area (Å²) in [4.78, 5) is 5.20. The molecule has 1 nitrogen and oxygen atoms in total. The van der Waals surface area contributed by atoms with Gasteiger partial charge in [-0.25, -0.2) is 0 Å². The lowest BCUT2D eigenvalue weighted by atomic mass is 9.63. The maximum Gasteiger partial charge on any atom is 0.0634 e. The lowest BCUT2D eigenvalue weighted by Crippen LogP contribution is -2.33. The Kier molecular flexibility index (Phi) is 7.85. The zero-order valence-corrected chi connectivity index (χ0v) is 23.1. The van der Waals surface area contributed by atoms with Gasteiger partial charge in [0.1, 0.15) is 0 Å². The summed E-state index contributed by atoms with van der Waals surface area (Å²) in [6, 6.07) is 9.45. The van der Waals surface area contributed by atoms with Gasteiger partial charge in [-0.05, 0) is 104 Å². The number of allylic oxidation sites excluding steroid dienone is 6. The van der Waals surface area contributed by atoms with E-state index in [1.165, 1.54) is 87.5 Å². The third-order valence-corrected chi connectivity index (χ3v) is 9.88. The van der Waals surface area contributed by atoms with Gasteiger partial charge in [0.2, 0.25) is 0 Å². The fraction of sp³-hybridized carbons (Fsp3) is 0.571. The maximum atomic E-state index is 5.20. The van der Waals surface area contributed by atoms with Gasteiger partial charge < -0.3 is 0 Å². The zero-order chi connectivity index (χ0) is 25.1. The quantitative estimate of drug-likeness (QED) is 0.368. The molecule has 1 aromatic rings. The van der Waals surface area contributed by atoms with Gasteiger partial charge in [0.05, 0.1) is 5.71 Å². The van der Waals surface area contributed by atoms with Crippen molar-refractivity contribution < 1.29 is 0 Å². The van der Waals surface area contributed by atoms with E-state index in [1.807, 2.05) is 0 Å². The van der Waals surface area contributed by atoms with Gasteiger partial charge in [0.15, 0.2) is 0 Å². The molecule has 0 amide bonds. The molecular formula is C35H47N. The summed E-state index contributed by atoms with van der Waals surface area (Å²) in [6.45, 7) is 12.7. The Labute approximate surface area is 220 Å². The Bertz CT molecular complexity index is 1060. The topological polar surface area (TPSA) is 12.4 Å². The Morgan fingerprint density at radius 2 is 1.89 bits per heavy atom. The van der Waals surface area contributed by atoms with Crippen LogP contribution >= 0.6 is 0 Å². The van der Waals surface area contributed by atoms with Crippen molar-refractivity contribution in [3.8, 4) is 0 Å². The predicted molar refractivity (Wildman–Crippen MR) is 156 cm³/mol. The summed E-state index contributed by atoms with van der Waals surface area (Å²) >= 11 is 0. The molecule has 4 aliphatic rings. The van der Waals surface area contributed by atoms with E-state index >= 15 is 0 Å². The van der Waals surface area contributed by atoms with Crippen LogP contribution in [-0.2, 0) is 5.41 Å². The summed E-state index contributed by atoms with van der Waals surface area (Å²) < 4.78 is 0. The lowest BCUT2D eigenvalue weighted by molar-refractivity contribution is 0.251. The van der Waals surface area contributed by atoms with Crippen molar-refractivity contribution in [1.82, 2.24) is 0 Å². The molecule has 192 valence electrons. The van der Waals surface area contributed by atoms with E-state index < -0.39 is 0 Å². The molecule has 0 saturated heterocycles. The monoisotopic (exact) mass is 481 g/mol. The Morgan fingerprint density at radius 3 is 2.61 bits per heavy atom. The number of rotatable bonds is 7. The first-order valence-corrected chi connectivity index (χ1v) is 14.8. The molecule has 1 fully saturated rings. The normalized spacial score (nSPS) is 28.4. The fourth-order valence-electron chi connectivity index (χ4n) is 7.67. The molecule has 36 heavy (non-hydrogen) atoms. The van der Waals surface area contributed by atoms with Gasteiger partial charge in [-0.2, -0.15) is 0 Å². The van der Waals surface area contributed by atoms with Gasteiger partial charge in [-0.1, -0.05) is 99.4 Å². The SMILES string of the molecule is C=C(C1=NCC(C)C2=C1CCC(CC1C=CC=CC1)C2)C(C)CC1(c2ccc(C)cc2)CCCCC1. The summed E-state index contributed by atoms with van der Waals surface area (Å²) in [5.41, 5.74) is 9.11. The molecule has 1 heterocycles. The minimum atomic E-state index is 0.299. The van der Waals surface area contributed by atoms with Crippen molar-refractivity contribution in [3.05, 3.63) is 83.0 Å². The van der Waals surface area contributed by atoms with E-state index in [0.29, 0.717) is 17.3 Å². The Balaban J connectivity index is 1.32. The van der Waals surface area contributed by atoms with E-state index in [9.17, 15) is 0 Å². The van der Waals surface area contributed by atoms with E-state index in [1.54, 1.807) is 16.7 Å². The average Bonchev–Trinajstić information content (AvgIpc) is 2.90. The van der Waals surface area contributed by atoms with E-state index in [4.69, 9.17) is 11.6 Å². The number of benzene rings is 1. The van der Waals surface area contributed by atoms with Crippen molar-refractivity contribution in [3.63, 3.8) is 0 Å². The second-order valence-electron chi connectivity index (χ2n) is 12.6. The largest absolute Gasteiger partial charge is 0.284 e. The molecule has 4 unspecified atom stereocenters. The number of aryl methyl sites for hydroxylation is 1. The van der Waals surface area contributed by atoms with Crippen molar-refractivity contribution in [2.75, 3.05) is 6.54 Å². The molecule has 0 spiro atoms. The van der Waals surface area contributed by atoms with Gasteiger partial charge in [-0.3, -0.25) is 4.99 Å². The first-order valence-electron chi connectivity index (χ1n) is 14.8. The molecule has 0 radical (unpaired) electrons. The van der Waals surface area contributed by atoms with Crippen LogP contribution in [0.4, 0.5) is 0 Å². The first-order chi connectivity index (χ1) is 17.4. The lowest BCUT2D eigenvalue weighted by Gasteiger charge is -2.41. The fourth-order valence-corrected chi connectivity index (χ4v) is 7.67. The van der Waals surface area contributed by atoms with Crippen molar-refractivity contribution in [2.45, 2.75) is 96.8 Å². The van der Waals surface area contributed by atoms with Crippen LogP contribution in [0, 0.1) is 30.6 Å². The van der Waals surface area contributed by atoms with Crippen molar-refractivity contribution in [1.29, 1.82) is 0 Å². The van der Waals surface area contributed by atoms with Gasteiger partial charge >= 0.3 is 0 Å². The highest BCUT2D eigenvalue weighted by Crippen LogP contribution is 2.47. The van der Waals surface area contributed by atoms with E-state index in [2.05, 4.69) is 69.3 Å². The zero-order valence-electron chi connectivity index (χ0n) is 23.1. The highest BCUT2D eigenvalue weighted by atomic mass is 14.8. The van der Waals surface area contributed by atoms with Crippen LogP contribution in [0.15, 0.2) is 76.9 Å². The van der Waals surface area contributed by atoms with Crippen molar-refractivity contribution in [2.24, 2.45) is 28.7 Å². The molecule has 5 rings (SSSR count). The molecule has 4 atom stereocenters. The molecule has 1 aromatic carbocycles. The maximum absolute atomic E-state index is 5.20. The van der Waals surface area contributed by atoms with Crippen LogP contribution in [-0.4, -0.2) is 12.3 Å². The second kappa shape index (κ2) is 11.1. The van der Waals surface area contributed by atoms with Gasteiger partial charge in [-0.15, -0.1) is 0 Å². The highest BCUT2D eigenvalue weighted by Gasteiger charge is 2.37. The van der Waals surface area contributed by atoms with E-state index in [-0.39, 0.29) is 0 Å². The molecule has 1 saturated carbocycles. The minimum Gasteiger partial charge on any atom is -0.284 e. The van der Waals surface area contributed by atoms with Gasteiger partial charge in [0, 0.05) is 6.54 Å². The molecule has 0 aromatic heterocycles. The number of aliphatic imine (C=N–C) groups is 1. The molecule has 1 aliphatic heterocycles. The van der Waals surface area contributed by atoms with E-state index in [0.717, 1.165) is 18.4 Å². The number of dihydropyridines is 1. The van der Waals surface area contributed by atoms with Crippen LogP contribution in [0.1, 0.15) is 95.6 Å². The Hall–Kier alpha value is -2.15. The molecule has 3 aliphatic carbocycles. The van der Waals surface area contributed by atoms with Crippen LogP contribution in [0.2, 0.25) is 0 Å². The minimum absolute atomic E-state index is 0.299. The predicted octanol–water partition coefficient (Wildman–Crippen LogP) is 9.49. The first kappa shape index (κ1) is 25.5.